The van der Waals surface area contributed by atoms with Gasteiger partial charge in [0.1, 0.15) is 0 Å². The van der Waals surface area contributed by atoms with E-state index in [4.69, 9.17) is 23.2 Å². The van der Waals surface area contributed by atoms with E-state index in [2.05, 4.69) is 9.71 Å². The molecule has 1 aliphatic rings. The number of nitrogens with one attached hydrogen (secondary N) is 2. The second-order valence-corrected chi connectivity index (χ2v) is 8.21. The molecule has 7 heteroatoms. The molecule has 4 nitrogen and oxygen atoms in total. The Hall–Kier alpha value is -1.69. The van der Waals surface area contributed by atoms with Crippen LogP contribution in [0.2, 0.25) is 0 Å². The largest absolute Gasteiger partial charge is 0.358 e. The van der Waals surface area contributed by atoms with Crippen LogP contribution in [0.4, 0.5) is 5.69 Å². The molecule has 1 aromatic heterocycles. The zero-order valence-electron chi connectivity index (χ0n) is 13.1. The van der Waals surface area contributed by atoms with Crippen molar-refractivity contribution in [1.82, 2.24) is 4.98 Å². The molecule has 0 amide bonds. The van der Waals surface area contributed by atoms with Crippen LogP contribution < -0.4 is 4.72 Å². The lowest BCUT2D eigenvalue weighted by Gasteiger charge is -2.13. The molecule has 0 spiro atoms. The van der Waals surface area contributed by atoms with E-state index in [9.17, 15) is 8.42 Å². The normalized spacial score (nSPS) is 18.2. The minimum absolute atomic E-state index is 0.0150. The lowest BCUT2D eigenvalue weighted by molar-refractivity contribution is 0.606. The van der Waals surface area contributed by atoms with Crippen molar-refractivity contribution in [2.75, 3.05) is 4.72 Å². The summed E-state index contributed by atoms with van der Waals surface area (Å²) < 4.78 is 28.0. The van der Waals surface area contributed by atoms with Gasteiger partial charge in [0, 0.05) is 27.3 Å². The monoisotopic (exact) mass is 382 g/mol. The average Bonchev–Trinajstić information content (AvgIpc) is 2.67. The van der Waals surface area contributed by atoms with Gasteiger partial charge in [-0.15, -0.1) is 11.6 Å². The van der Waals surface area contributed by atoms with Crippen molar-refractivity contribution in [1.29, 1.82) is 0 Å². The van der Waals surface area contributed by atoms with Crippen LogP contribution in [0.15, 0.2) is 52.4 Å². The smallest absolute Gasteiger partial charge is 0.259 e. The summed E-state index contributed by atoms with van der Waals surface area (Å²) in [6, 6.07) is 5.36. The molecule has 0 saturated heterocycles. The van der Waals surface area contributed by atoms with Crippen molar-refractivity contribution < 1.29 is 8.42 Å². The maximum absolute atomic E-state index is 12.7. The maximum Gasteiger partial charge on any atom is 0.259 e. The van der Waals surface area contributed by atoms with Gasteiger partial charge in [0.25, 0.3) is 10.0 Å². The Morgan fingerprint density at radius 1 is 1.25 bits per heavy atom. The molecule has 0 saturated carbocycles. The number of hydrogen-bond donors (Lipinski definition) is 2. The van der Waals surface area contributed by atoms with E-state index in [0.717, 1.165) is 22.2 Å². The van der Waals surface area contributed by atoms with Crippen molar-refractivity contribution in [3.8, 4) is 0 Å². The first-order valence-corrected chi connectivity index (χ1v) is 9.59. The number of sulfonamides is 1. The summed E-state index contributed by atoms with van der Waals surface area (Å²) in [4.78, 5) is 3.27. The third kappa shape index (κ3) is 3.24. The summed E-state index contributed by atoms with van der Waals surface area (Å²) in [6.07, 6.45) is 6.17. The number of H-pyrrole nitrogens is 1. The van der Waals surface area contributed by atoms with Gasteiger partial charge in [-0.25, -0.2) is 8.42 Å². The van der Waals surface area contributed by atoms with Gasteiger partial charge in [-0.1, -0.05) is 23.8 Å². The predicted molar refractivity (Wildman–Crippen MR) is 101 cm³/mol. The van der Waals surface area contributed by atoms with Crippen LogP contribution in [0.3, 0.4) is 0 Å². The zero-order valence-corrected chi connectivity index (χ0v) is 15.4. The van der Waals surface area contributed by atoms with E-state index in [1.54, 1.807) is 30.4 Å². The molecule has 126 valence electrons. The Morgan fingerprint density at radius 2 is 2.00 bits per heavy atom. The number of fused-ring (bicyclic) bond motifs is 1. The minimum atomic E-state index is -3.82. The van der Waals surface area contributed by atoms with E-state index < -0.39 is 15.4 Å². The molecule has 0 bridgehead atoms. The Morgan fingerprint density at radius 3 is 2.75 bits per heavy atom. The fourth-order valence-electron chi connectivity index (χ4n) is 2.57. The molecule has 2 aromatic rings. The van der Waals surface area contributed by atoms with Crippen molar-refractivity contribution in [3.63, 3.8) is 0 Å². The second kappa shape index (κ2) is 6.31. The number of hydrogen-bond acceptors (Lipinski definition) is 2. The number of benzene rings is 1. The lowest BCUT2D eigenvalue weighted by Crippen LogP contribution is -2.20. The van der Waals surface area contributed by atoms with Crippen molar-refractivity contribution in [2.45, 2.75) is 19.2 Å². The van der Waals surface area contributed by atoms with Crippen LogP contribution in [-0.4, -0.2) is 18.8 Å². The highest BCUT2D eigenvalue weighted by Gasteiger charge is 2.25. The number of allylic oxidation sites excluding steroid dienone is 6. The summed E-state index contributed by atoms with van der Waals surface area (Å²) in [6.45, 7) is 3.97. The summed E-state index contributed by atoms with van der Waals surface area (Å²) in [5, 5.41) is 0.500. The zero-order chi connectivity index (χ0) is 17.5. The molecule has 1 heterocycles. The van der Waals surface area contributed by atoms with Gasteiger partial charge in [-0.3, -0.25) is 4.72 Å². The first-order chi connectivity index (χ1) is 11.3. The van der Waals surface area contributed by atoms with Gasteiger partial charge in [0.05, 0.1) is 10.3 Å². The molecule has 1 aliphatic carbocycles. The highest BCUT2D eigenvalue weighted by atomic mass is 35.5. The quantitative estimate of drug-likeness (QED) is 0.754. The van der Waals surface area contributed by atoms with Gasteiger partial charge in [0.15, 0.2) is 0 Å². The number of aromatic nitrogens is 1. The summed E-state index contributed by atoms with van der Waals surface area (Å²) in [5.74, 6) is 0. The van der Waals surface area contributed by atoms with Crippen LogP contribution in [0.25, 0.3) is 10.9 Å². The number of rotatable bonds is 3. The highest BCUT2D eigenvalue weighted by molar-refractivity contribution is 7.96. The Labute approximate surface area is 150 Å². The van der Waals surface area contributed by atoms with Crippen LogP contribution in [0.1, 0.15) is 11.3 Å². The van der Waals surface area contributed by atoms with Crippen molar-refractivity contribution in [3.05, 3.63) is 63.7 Å². The van der Waals surface area contributed by atoms with Gasteiger partial charge in [0.2, 0.25) is 0 Å². The molecule has 2 N–H and O–H groups in total. The molecule has 1 aromatic carbocycles. The highest BCUT2D eigenvalue weighted by Crippen LogP contribution is 2.28. The molecule has 24 heavy (non-hydrogen) atoms. The number of anilines is 1. The van der Waals surface area contributed by atoms with Gasteiger partial charge < -0.3 is 4.98 Å². The first kappa shape index (κ1) is 17.1. The topological polar surface area (TPSA) is 62.0 Å². The average molecular weight is 383 g/mol. The molecule has 0 fully saturated rings. The first-order valence-electron chi connectivity index (χ1n) is 7.29. The Kier molecular flexibility index (Phi) is 4.51. The standard InChI is InChI=1S/C17H16Cl2N2O2S/c1-10-11(2)20-16-7-6-13(9-14(10)16)21-24(22,23)17-8-12(18)4-3-5-15(17)19/h3-9,15,20-21H,1-2H3. The molecular weight excluding hydrogens is 367 g/mol. The minimum Gasteiger partial charge on any atom is -0.358 e. The Balaban J connectivity index is 1.99. The molecule has 0 radical (unpaired) electrons. The van der Waals surface area contributed by atoms with Crippen molar-refractivity contribution >= 4 is 49.8 Å². The number of aryl methyl sites for hydroxylation is 2. The van der Waals surface area contributed by atoms with Crippen molar-refractivity contribution in [2.24, 2.45) is 0 Å². The molecule has 3 rings (SSSR count). The predicted octanol–water partition coefficient (Wildman–Crippen LogP) is 4.71. The SMILES string of the molecule is Cc1[nH]c2ccc(NS(=O)(=O)C3=CC(Cl)=CC=CC3Cl)cc2c1C. The number of halogens is 2. The lowest BCUT2D eigenvalue weighted by atomic mass is 10.1. The van der Waals surface area contributed by atoms with Crippen LogP contribution in [0.5, 0.6) is 0 Å². The fraction of sp³-hybridized carbons (Fsp3) is 0.176. The van der Waals surface area contributed by atoms with Crippen LogP contribution in [-0.2, 0) is 10.0 Å². The van der Waals surface area contributed by atoms with Gasteiger partial charge in [-0.2, -0.15) is 0 Å². The number of aromatic amines is 1. The maximum atomic E-state index is 12.7. The molecular formula is C17H16Cl2N2O2S. The molecule has 1 atom stereocenters. The summed E-state index contributed by atoms with van der Waals surface area (Å²) >= 11 is 12.1. The molecule has 0 aliphatic heterocycles. The van der Waals surface area contributed by atoms with E-state index >= 15 is 0 Å². The summed E-state index contributed by atoms with van der Waals surface area (Å²) in [5.41, 5.74) is 3.58. The van der Waals surface area contributed by atoms with Gasteiger partial charge >= 0.3 is 0 Å². The molecule has 1 unspecified atom stereocenters. The number of alkyl halides is 1. The third-order valence-corrected chi connectivity index (χ3v) is 6.20. The van der Waals surface area contributed by atoms with E-state index in [1.165, 1.54) is 6.08 Å². The third-order valence-electron chi connectivity index (χ3n) is 3.96. The van der Waals surface area contributed by atoms with Crippen LogP contribution in [0, 0.1) is 13.8 Å². The van der Waals surface area contributed by atoms with E-state index in [-0.39, 0.29) is 4.91 Å². The van der Waals surface area contributed by atoms with Crippen LogP contribution >= 0.6 is 23.2 Å². The van der Waals surface area contributed by atoms with Gasteiger partial charge in [-0.05, 0) is 49.8 Å². The van der Waals surface area contributed by atoms with E-state index in [1.807, 2.05) is 19.9 Å². The van der Waals surface area contributed by atoms with E-state index in [0.29, 0.717) is 10.7 Å². The fourth-order valence-corrected chi connectivity index (χ4v) is 4.53. The Bertz CT molecular complexity index is 1000. The second-order valence-electron chi connectivity index (χ2n) is 5.63. The summed E-state index contributed by atoms with van der Waals surface area (Å²) in [7, 11) is -3.82.